The Morgan fingerprint density at radius 3 is 2.86 bits per heavy atom. The summed E-state index contributed by atoms with van der Waals surface area (Å²) in [6.07, 6.45) is 1.81. The van der Waals surface area contributed by atoms with Gasteiger partial charge in [0.2, 0.25) is 0 Å². The summed E-state index contributed by atoms with van der Waals surface area (Å²) in [6, 6.07) is 6.06. The molecule has 0 saturated heterocycles. The molecule has 4 heteroatoms. The van der Waals surface area contributed by atoms with Crippen LogP contribution in [0, 0.1) is 0 Å². The van der Waals surface area contributed by atoms with Crippen molar-refractivity contribution < 1.29 is 5.11 Å². The minimum Gasteiger partial charge on any atom is -0.394 e. The van der Waals surface area contributed by atoms with E-state index >= 15 is 0 Å². The number of aryl methyl sites for hydroxylation is 1. The van der Waals surface area contributed by atoms with Gasteiger partial charge in [-0.1, -0.05) is 22.0 Å². The van der Waals surface area contributed by atoms with Gasteiger partial charge in [-0.15, -0.1) is 12.4 Å². The molecule has 0 unspecified atom stereocenters. The Morgan fingerprint density at radius 1 is 1.50 bits per heavy atom. The lowest BCUT2D eigenvalue weighted by atomic mass is 9.94. The predicted molar refractivity (Wildman–Crippen MR) is 62.7 cm³/mol. The fourth-order valence-corrected chi connectivity index (χ4v) is 2.32. The highest BCUT2D eigenvalue weighted by atomic mass is 79.9. The molecule has 0 bridgehead atoms. The van der Waals surface area contributed by atoms with Gasteiger partial charge in [-0.05, 0) is 36.1 Å². The van der Waals surface area contributed by atoms with Gasteiger partial charge >= 0.3 is 0 Å². The third-order valence-electron chi connectivity index (χ3n) is 2.73. The second-order valence-corrected chi connectivity index (χ2v) is 4.53. The highest BCUT2D eigenvalue weighted by molar-refractivity contribution is 9.10. The summed E-state index contributed by atoms with van der Waals surface area (Å²) >= 11 is 3.42. The number of halogens is 2. The molecule has 1 aromatic carbocycles. The van der Waals surface area contributed by atoms with Gasteiger partial charge in [0.1, 0.15) is 0 Å². The molecule has 0 radical (unpaired) electrons. The molecule has 0 aliphatic heterocycles. The van der Waals surface area contributed by atoms with Crippen LogP contribution >= 0.6 is 28.3 Å². The first kappa shape index (κ1) is 12.0. The predicted octanol–water partition coefficient (Wildman–Crippen LogP) is 1.96. The number of aliphatic hydroxyl groups is 1. The number of fused-ring (bicyclic) bond motifs is 1. The highest BCUT2D eigenvalue weighted by Crippen LogP contribution is 2.35. The topological polar surface area (TPSA) is 46.2 Å². The van der Waals surface area contributed by atoms with Gasteiger partial charge in [0.25, 0.3) is 0 Å². The molecule has 2 nitrogen and oxygen atoms in total. The van der Waals surface area contributed by atoms with Crippen LogP contribution in [0.5, 0.6) is 0 Å². The van der Waals surface area contributed by atoms with E-state index in [1.807, 2.05) is 12.1 Å². The van der Waals surface area contributed by atoms with Gasteiger partial charge in [-0.3, -0.25) is 0 Å². The van der Waals surface area contributed by atoms with Crippen molar-refractivity contribution in [3.05, 3.63) is 33.8 Å². The Morgan fingerprint density at radius 2 is 2.21 bits per heavy atom. The maximum Gasteiger partial charge on any atom is 0.0653 e. The first-order valence-corrected chi connectivity index (χ1v) is 5.14. The quantitative estimate of drug-likeness (QED) is 0.825. The van der Waals surface area contributed by atoms with Crippen molar-refractivity contribution in [2.75, 3.05) is 6.61 Å². The second-order valence-electron chi connectivity index (χ2n) is 3.62. The second kappa shape index (κ2) is 4.19. The van der Waals surface area contributed by atoms with Crippen LogP contribution in [0.2, 0.25) is 0 Å². The van der Waals surface area contributed by atoms with Crippen molar-refractivity contribution >= 4 is 28.3 Å². The van der Waals surface area contributed by atoms with Gasteiger partial charge in [0.05, 0.1) is 12.1 Å². The first-order chi connectivity index (χ1) is 6.15. The number of aliphatic hydroxyl groups excluding tert-OH is 1. The Balaban J connectivity index is 0.000000980. The number of benzene rings is 1. The summed E-state index contributed by atoms with van der Waals surface area (Å²) in [5.74, 6) is 0. The molecule has 2 rings (SSSR count). The lowest BCUT2D eigenvalue weighted by molar-refractivity contribution is 0.197. The summed E-state index contributed by atoms with van der Waals surface area (Å²) in [7, 11) is 0. The summed E-state index contributed by atoms with van der Waals surface area (Å²) in [5.41, 5.74) is 7.90. The highest BCUT2D eigenvalue weighted by Gasteiger charge is 2.34. The molecule has 1 aliphatic rings. The van der Waals surface area contributed by atoms with Gasteiger partial charge in [-0.2, -0.15) is 0 Å². The molecule has 0 spiro atoms. The Labute approximate surface area is 98.0 Å². The zero-order chi connectivity index (χ0) is 9.47. The van der Waals surface area contributed by atoms with Crippen LogP contribution in [0.3, 0.4) is 0 Å². The van der Waals surface area contributed by atoms with E-state index in [4.69, 9.17) is 5.73 Å². The van der Waals surface area contributed by atoms with Crippen molar-refractivity contribution in [2.45, 2.75) is 18.4 Å². The minimum absolute atomic E-state index is 0. The van der Waals surface area contributed by atoms with E-state index in [9.17, 15) is 5.11 Å². The fraction of sp³-hybridized carbons (Fsp3) is 0.400. The molecule has 78 valence electrons. The maximum absolute atomic E-state index is 9.20. The Hall–Kier alpha value is -0.0900. The average Bonchev–Trinajstić information content (AvgIpc) is 2.45. The van der Waals surface area contributed by atoms with Crippen molar-refractivity contribution in [1.29, 1.82) is 0 Å². The molecule has 1 aliphatic carbocycles. The van der Waals surface area contributed by atoms with E-state index in [0.717, 1.165) is 22.9 Å². The van der Waals surface area contributed by atoms with Crippen LogP contribution in [-0.2, 0) is 12.0 Å². The number of hydrogen-bond acceptors (Lipinski definition) is 2. The lowest BCUT2D eigenvalue weighted by Gasteiger charge is -2.22. The summed E-state index contributed by atoms with van der Waals surface area (Å²) in [6.45, 7) is 0.0294. The summed E-state index contributed by atoms with van der Waals surface area (Å²) in [4.78, 5) is 0. The van der Waals surface area contributed by atoms with E-state index in [0.29, 0.717) is 0 Å². The molecule has 0 aromatic heterocycles. The van der Waals surface area contributed by atoms with Crippen LogP contribution in [0.15, 0.2) is 22.7 Å². The molecule has 1 atom stereocenters. The normalized spacial score (nSPS) is 24.2. The smallest absolute Gasteiger partial charge is 0.0653 e. The molecule has 0 saturated carbocycles. The first-order valence-electron chi connectivity index (χ1n) is 4.34. The van der Waals surface area contributed by atoms with E-state index in [-0.39, 0.29) is 19.0 Å². The number of nitrogens with two attached hydrogens (primary N) is 1. The Bertz CT molecular complexity index is 345. The van der Waals surface area contributed by atoms with Crippen LogP contribution < -0.4 is 5.73 Å². The summed E-state index contributed by atoms with van der Waals surface area (Å²) in [5, 5.41) is 9.20. The Kier molecular flexibility index (Phi) is 3.58. The maximum atomic E-state index is 9.20. The molecular weight excluding hydrogens is 265 g/mol. The lowest BCUT2D eigenvalue weighted by Crippen LogP contribution is -2.37. The molecule has 14 heavy (non-hydrogen) atoms. The van der Waals surface area contributed by atoms with E-state index in [1.165, 1.54) is 5.56 Å². The molecule has 0 amide bonds. The van der Waals surface area contributed by atoms with Gasteiger partial charge in [0.15, 0.2) is 0 Å². The van der Waals surface area contributed by atoms with Crippen LogP contribution in [0.1, 0.15) is 17.5 Å². The van der Waals surface area contributed by atoms with Crippen LogP contribution in [0.4, 0.5) is 0 Å². The van der Waals surface area contributed by atoms with Gasteiger partial charge in [0, 0.05) is 4.47 Å². The largest absolute Gasteiger partial charge is 0.394 e. The van der Waals surface area contributed by atoms with E-state index in [2.05, 4.69) is 22.0 Å². The van der Waals surface area contributed by atoms with Gasteiger partial charge < -0.3 is 10.8 Å². The average molecular weight is 279 g/mol. The van der Waals surface area contributed by atoms with Crippen LogP contribution in [0.25, 0.3) is 0 Å². The number of hydrogen-bond donors (Lipinski definition) is 2. The van der Waals surface area contributed by atoms with E-state index < -0.39 is 5.54 Å². The monoisotopic (exact) mass is 277 g/mol. The third-order valence-corrected chi connectivity index (χ3v) is 3.22. The molecule has 3 N–H and O–H groups in total. The molecule has 0 fully saturated rings. The molecular formula is C10H13BrClNO. The zero-order valence-electron chi connectivity index (χ0n) is 7.66. The van der Waals surface area contributed by atoms with Crippen molar-refractivity contribution in [1.82, 2.24) is 0 Å². The van der Waals surface area contributed by atoms with Crippen LogP contribution in [-0.4, -0.2) is 11.7 Å². The van der Waals surface area contributed by atoms with Gasteiger partial charge in [-0.25, -0.2) is 0 Å². The minimum atomic E-state index is -0.504. The third kappa shape index (κ3) is 1.82. The fourth-order valence-electron chi connectivity index (χ4n) is 1.91. The SMILES string of the molecule is Cl.N[C@]1(CO)CCc2cc(Br)ccc21. The van der Waals surface area contributed by atoms with E-state index in [1.54, 1.807) is 0 Å². The van der Waals surface area contributed by atoms with Crippen molar-refractivity contribution in [3.8, 4) is 0 Å². The molecule has 1 aromatic rings. The van der Waals surface area contributed by atoms with Crippen molar-refractivity contribution in [3.63, 3.8) is 0 Å². The summed E-state index contributed by atoms with van der Waals surface area (Å²) < 4.78 is 1.08. The standard InChI is InChI=1S/C10H12BrNO.ClH/c11-8-1-2-9-7(5-8)3-4-10(9,12)6-13;/h1-2,5,13H,3-4,6,12H2;1H/t10-;/m0./s1. The number of rotatable bonds is 1. The van der Waals surface area contributed by atoms with Crippen molar-refractivity contribution in [2.24, 2.45) is 5.73 Å². The molecule has 0 heterocycles. The zero-order valence-corrected chi connectivity index (χ0v) is 10.1.